The molecular formula is C14H14N4O2S. The number of aromatic nitrogens is 2. The van der Waals surface area contributed by atoms with Gasteiger partial charge in [0.05, 0.1) is 0 Å². The number of benzene rings is 1. The maximum Gasteiger partial charge on any atom is 0.286 e. The fourth-order valence-electron chi connectivity index (χ4n) is 2.16. The summed E-state index contributed by atoms with van der Waals surface area (Å²) in [6.07, 6.45) is 2.04. The molecule has 2 aromatic rings. The second-order valence-corrected chi connectivity index (χ2v) is 5.71. The molecule has 0 spiro atoms. The summed E-state index contributed by atoms with van der Waals surface area (Å²) in [5.41, 5.74) is 0.685. The highest BCUT2D eigenvalue weighted by atomic mass is 32.1. The van der Waals surface area contributed by atoms with E-state index in [9.17, 15) is 9.59 Å². The molecule has 108 valence electrons. The molecule has 1 fully saturated rings. The molecule has 0 bridgehead atoms. The van der Waals surface area contributed by atoms with Gasteiger partial charge in [-0.15, -0.1) is 10.2 Å². The average molecular weight is 302 g/mol. The van der Waals surface area contributed by atoms with E-state index in [1.165, 1.54) is 0 Å². The summed E-state index contributed by atoms with van der Waals surface area (Å²) in [5.74, 6) is -0.483. The number of hydrogen-bond donors (Lipinski definition) is 1. The van der Waals surface area contributed by atoms with Crippen molar-refractivity contribution < 1.29 is 9.59 Å². The molecule has 0 radical (unpaired) electrons. The van der Waals surface area contributed by atoms with Gasteiger partial charge < -0.3 is 10.2 Å². The number of nitrogens with zero attached hydrogens (tertiary/aromatic N) is 3. The van der Waals surface area contributed by atoms with E-state index in [1.807, 2.05) is 18.2 Å². The number of para-hydroxylation sites is 1. The lowest BCUT2D eigenvalue weighted by atomic mass is 10.3. The van der Waals surface area contributed by atoms with Crippen LogP contribution in [0.5, 0.6) is 0 Å². The molecule has 2 heterocycles. The highest BCUT2D eigenvalue weighted by Gasteiger charge is 2.24. The highest BCUT2D eigenvalue weighted by molar-refractivity contribution is 7.15. The quantitative estimate of drug-likeness (QED) is 0.941. The molecule has 2 amide bonds. The number of nitrogens with one attached hydrogen (secondary N) is 1. The van der Waals surface area contributed by atoms with Crippen molar-refractivity contribution in [2.45, 2.75) is 12.8 Å². The van der Waals surface area contributed by atoms with Crippen molar-refractivity contribution >= 4 is 28.8 Å². The summed E-state index contributed by atoms with van der Waals surface area (Å²) in [5, 5.41) is 10.8. The van der Waals surface area contributed by atoms with E-state index in [2.05, 4.69) is 15.5 Å². The Morgan fingerprint density at radius 3 is 2.43 bits per heavy atom. The normalized spacial score (nSPS) is 14.2. The van der Waals surface area contributed by atoms with E-state index in [4.69, 9.17) is 0 Å². The third kappa shape index (κ3) is 3.08. The third-order valence-corrected chi connectivity index (χ3v) is 4.14. The zero-order valence-electron chi connectivity index (χ0n) is 11.3. The number of carbonyl (C=O) groups excluding carboxylic acids is 2. The first-order valence-corrected chi connectivity index (χ1v) is 7.55. The van der Waals surface area contributed by atoms with Crippen LogP contribution in [0.15, 0.2) is 30.3 Å². The van der Waals surface area contributed by atoms with Crippen molar-refractivity contribution in [2.75, 3.05) is 18.4 Å². The lowest BCUT2D eigenvalue weighted by Gasteiger charge is -2.11. The maximum atomic E-state index is 12.1. The standard InChI is InChI=1S/C14H14N4O2S/c19-11(15-10-6-2-1-3-7-10)12-16-17-13(21-12)14(20)18-8-4-5-9-18/h1-3,6-7H,4-5,8-9H2,(H,15,19). The lowest BCUT2D eigenvalue weighted by Crippen LogP contribution is -2.27. The molecule has 1 aromatic carbocycles. The van der Waals surface area contributed by atoms with Crippen LogP contribution in [0, 0.1) is 0 Å². The molecule has 1 aliphatic heterocycles. The number of amides is 2. The summed E-state index contributed by atoms with van der Waals surface area (Å²) in [4.78, 5) is 25.9. The van der Waals surface area contributed by atoms with Gasteiger partial charge in [-0.3, -0.25) is 9.59 Å². The Hall–Kier alpha value is -2.28. The van der Waals surface area contributed by atoms with E-state index in [0.29, 0.717) is 5.69 Å². The van der Waals surface area contributed by atoms with Crippen LogP contribution in [0.2, 0.25) is 0 Å². The van der Waals surface area contributed by atoms with Gasteiger partial charge in [0.15, 0.2) is 0 Å². The number of carbonyl (C=O) groups is 2. The highest BCUT2D eigenvalue weighted by Crippen LogP contribution is 2.17. The minimum absolute atomic E-state index is 0.135. The Morgan fingerprint density at radius 1 is 1.05 bits per heavy atom. The molecule has 21 heavy (non-hydrogen) atoms. The van der Waals surface area contributed by atoms with Gasteiger partial charge in [0.1, 0.15) is 0 Å². The molecule has 1 saturated heterocycles. The molecule has 0 saturated carbocycles. The molecule has 0 unspecified atom stereocenters. The first-order chi connectivity index (χ1) is 10.2. The fraction of sp³-hybridized carbons (Fsp3) is 0.286. The second kappa shape index (κ2) is 6.01. The SMILES string of the molecule is O=C(Nc1ccccc1)c1nnc(C(=O)N2CCCC2)s1. The van der Waals surface area contributed by atoms with Crippen molar-refractivity contribution in [3.63, 3.8) is 0 Å². The predicted molar refractivity (Wildman–Crippen MR) is 79.4 cm³/mol. The van der Waals surface area contributed by atoms with E-state index >= 15 is 0 Å². The van der Waals surface area contributed by atoms with Crippen LogP contribution in [0.3, 0.4) is 0 Å². The zero-order valence-corrected chi connectivity index (χ0v) is 12.1. The third-order valence-electron chi connectivity index (χ3n) is 3.23. The molecule has 0 atom stereocenters. The van der Waals surface area contributed by atoms with Gasteiger partial charge >= 0.3 is 0 Å². The summed E-state index contributed by atoms with van der Waals surface area (Å²) in [7, 11) is 0. The summed E-state index contributed by atoms with van der Waals surface area (Å²) < 4.78 is 0. The van der Waals surface area contributed by atoms with Crippen molar-refractivity contribution in [3.05, 3.63) is 40.3 Å². The van der Waals surface area contributed by atoms with Crippen molar-refractivity contribution in [1.82, 2.24) is 15.1 Å². The van der Waals surface area contributed by atoms with Gasteiger partial charge in [-0.05, 0) is 25.0 Å². The number of rotatable bonds is 3. The number of likely N-dealkylation sites (tertiary alicyclic amines) is 1. The first-order valence-electron chi connectivity index (χ1n) is 6.73. The van der Waals surface area contributed by atoms with E-state index in [1.54, 1.807) is 17.0 Å². The zero-order chi connectivity index (χ0) is 14.7. The Kier molecular flexibility index (Phi) is 3.92. The molecule has 0 aliphatic carbocycles. The monoisotopic (exact) mass is 302 g/mol. The molecule has 3 rings (SSSR count). The molecule has 6 nitrogen and oxygen atoms in total. The van der Waals surface area contributed by atoms with Gasteiger partial charge in [-0.2, -0.15) is 0 Å². The average Bonchev–Trinajstić information content (AvgIpc) is 3.19. The van der Waals surface area contributed by atoms with E-state index in [0.717, 1.165) is 37.3 Å². The number of anilines is 1. The second-order valence-electron chi connectivity index (χ2n) is 4.73. The van der Waals surface area contributed by atoms with Crippen LogP contribution in [0.25, 0.3) is 0 Å². The van der Waals surface area contributed by atoms with Crippen LogP contribution in [0.4, 0.5) is 5.69 Å². The number of hydrogen-bond acceptors (Lipinski definition) is 5. The Labute approximate surface area is 125 Å². The van der Waals surface area contributed by atoms with Crippen LogP contribution in [0.1, 0.15) is 32.4 Å². The Balaban J connectivity index is 1.69. The van der Waals surface area contributed by atoms with Gasteiger partial charge in [0.2, 0.25) is 10.0 Å². The molecule has 1 N–H and O–H groups in total. The van der Waals surface area contributed by atoms with Crippen molar-refractivity contribution in [3.8, 4) is 0 Å². The van der Waals surface area contributed by atoms with Crippen LogP contribution in [-0.4, -0.2) is 40.0 Å². The van der Waals surface area contributed by atoms with Gasteiger partial charge in [0, 0.05) is 18.8 Å². The Bertz CT molecular complexity index is 650. The van der Waals surface area contributed by atoms with Crippen LogP contribution >= 0.6 is 11.3 Å². The molecule has 1 aliphatic rings. The van der Waals surface area contributed by atoms with Crippen LogP contribution in [-0.2, 0) is 0 Å². The van der Waals surface area contributed by atoms with Gasteiger partial charge in [0.25, 0.3) is 11.8 Å². The minimum Gasteiger partial charge on any atom is -0.337 e. The van der Waals surface area contributed by atoms with E-state index < -0.39 is 0 Å². The van der Waals surface area contributed by atoms with Gasteiger partial charge in [-0.1, -0.05) is 29.5 Å². The van der Waals surface area contributed by atoms with E-state index in [-0.39, 0.29) is 21.8 Å². The Morgan fingerprint density at radius 2 is 1.71 bits per heavy atom. The molecule has 7 heteroatoms. The smallest absolute Gasteiger partial charge is 0.286 e. The van der Waals surface area contributed by atoms with Gasteiger partial charge in [-0.25, -0.2) is 0 Å². The summed E-state index contributed by atoms with van der Waals surface area (Å²) in [6.45, 7) is 1.51. The lowest BCUT2D eigenvalue weighted by molar-refractivity contribution is 0.0791. The van der Waals surface area contributed by atoms with Crippen LogP contribution < -0.4 is 5.32 Å². The van der Waals surface area contributed by atoms with Crippen molar-refractivity contribution in [2.24, 2.45) is 0 Å². The molecule has 1 aromatic heterocycles. The maximum absolute atomic E-state index is 12.1. The first kappa shape index (κ1) is 13.7. The predicted octanol–water partition coefficient (Wildman–Crippen LogP) is 2.03. The summed E-state index contributed by atoms with van der Waals surface area (Å²) in [6, 6.07) is 9.11. The minimum atomic E-state index is -0.348. The summed E-state index contributed by atoms with van der Waals surface area (Å²) >= 11 is 1.03. The van der Waals surface area contributed by atoms with Crippen molar-refractivity contribution in [1.29, 1.82) is 0 Å². The largest absolute Gasteiger partial charge is 0.337 e. The fourth-order valence-corrected chi connectivity index (χ4v) is 2.87. The molecular weight excluding hydrogens is 288 g/mol. The topological polar surface area (TPSA) is 75.2 Å².